The van der Waals surface area contributed by atoms with E-state index < -0.39 is 5.54 Å². The fourth-order valence-corrected chi connectivity index (χ4v) is 3.38. The van der Waals surface area contributed by atoms with Gasteiger partial charge in [0.2, 0.25) is 11.7 Å². The first kappa shape index (κ1) is 15.9. The van der Waals surface area contributed by atoms with Crippen molar-refractivity contribution in [2.24, 2.45) is 0 Å². The standard InChI is InChI=1S/C19H18FN3O2/c20-15-7-5-14(6-8-15)18-22-17(25-23-18)11-21-19(12-24)10-9-13-3-1-2-4-16(13)19/h1-8,21,24H,9-12H2. The molecule has 25 heavy (non-hydrogen) atoms. The number of hydrogen-bond acceptors (Lipinski definition) is 5. The molecule has 1 atom stereocenters. The third kappa shape index (κ3) is 2.94. The van der Waals surface area contributed by atoms with Crippen molar-refractivity contribution in [1.82, 2.24) is 15.5 Å². The van der Waals surface area contributed by atoms with Crippen molar-refractivity contribution < 1.29 is 14.0 Å². The monoisotopic (exact) mass is 339 g/mol. The summed E-state index contributed by atoms with van der Waals surface area (Å²) in [7, 11) is 0. The molecule has 1 aliphatic carbocycles. The highest BCUT2D eigenvalue weighted by atomic mass is 19.1. The second-order valence-electron chi connectivity index (χ2n) is 6.27. The van der Waals surface area contributed by atoms with Gasteiger partial charge in [0.25, 0.3) is 0 Å². The fraction of sp³-hybridized carbons (Fsp3) is 0.263. The van der Waals surface area contributed by atoms with E-state index in [2.05, 4.69) is 21.5 Å². The van der Waals surface area contributed by atoms with E-state index in [1.165, 1.54) is 17.7 Å². The average molecular weight is 339 g/mol. The molecule has 2 aromatic carbocycles. The van der Waals surface area contributed by atoms with Gasteiger partial charge < -0.3 is 9.63 Å². The lowest BCUT2D eigenvalue weighted by Crippen LogP contribution is -2.43. The summed E-state index contributed by atoms with van der Waals surface area (Å²) in [6.45, 7) is 0.353. The second kappa shape index (κ2) is 6.38. The Morgan fingerprint density at radius 2 is 1.96 bits per heavy atom. The number of benzene rings is 2. The molecule has 4 rings (SSSR count). The second-order valence-corrected chi connectivity index (χ2v) is 6.27. The van der Waals surface area contributed by atoms with Crippen molar-refractivity contribution in [2.45, 2.75) is 24.9 Å². The van der Waals surface area contributed by atoms with Crippen LogP contribution in [0.25, 0.3) is 11.4 Å². The molecule has 0 radical (unpaired) electrons. The van der Waals surface area contributed by atoms with Crippen molar-refractivity contribution in [1.29, 1.82) is 0 Å². The summed E-state index contributed by atoms with van der Waals surface area (Å²) >= 11 is 0. The van der Waals surface area contributed by atoms with Gasteiger partial charge in [-0.05, 0) is 48.2 Å². The molecule has 0 spiro atoms. The molecule has 1 aromatic heterocycles. The molecular formula is C19H18FN3O2. The van der Waals surface area contributed by atoms with Crippen LogP contribution in [0.2, 0.25) is 0 Å². The zero-order valence-electron chi connectivity index (χ0n) is 13.6. The van der Waals surface area contributed by atoms with E-state index >= 15 is 0 Å². The van der Waals surface area contributed by atoms with Crippen molar-refractivity contribution in [3.05, 3.63) is 71.4 Å². The van der Waals surface area contributed by atoms with Gasteiger partial charge in [-0.3, -0.25) is 5.32 Å². The maximum Gasteiger partial charge on any atom is 0.240 e. The van der Waals surface area contributed by atoms with Crippen LogP contribution in [0.3, 0.4) is 0 Å². The fourth-order valence-electron chi connectivity index (χ4n) is 3.38. The number of rotatable bonds is 5. The number of aliphatic hydroxyl groups is 1. The van der Waals surface area contributed by atoms with Crippen LogP contribution in [0.15, 0.2) is 53.1 Å². The van der Waals surface area contributed by atoms with Gasteiger partial charge in [-0.25, -0.2) is 4.39 Å². The Hall–Kier alpha value is -2.57. The lowest BCUT2D eigenvalue weighted by atomic mass is 9.92. The first-order chi connectivity index (χ1) is 12.2. The Labute approximate surface area is 144 Å². The Morgan fingerprint density at radius 1 is 1.16 bits per heavy atom. The van der Waals surface area contributed by atoms with E-state index in [0.717, 1.165) is 18.4 Å². The molecule has 0 fully saturated rings. The highest BCUT2D eigenvalue weighted by molar-refractivity contribution is 5.53. The molecule has 2 N–H and O–H groups in total. The molecule has 6 heteroatoms. The Bertz CT molecular complexity index is 878. The van der Waals surface area contributed by atoms with Crippen LogP contribution in [0.5, 0.6) is 0 Å². The Morgan fingerprint density at radius 3 is 2.76 bits per heavy atom. The summed E-state index contributed by atoms with van der Waals surface area (Å²) in [5.74, 6) is 0.539. The number of aliphatic hydroxyl groups excluding tert-OH is 1. The van der Waals surface area contributed by atoms with E-state index in [9.17, 15) is 9.50 Å². The highest BCUT2D eigenvalue weighted by Crippen LogP contribution is 2.36. The van der Waals surface area contributed by atoms with Gasteiger partial charge in [0.1, 0.15) is 5.82 Å². The molecule has 0 aliphatic heterocycles. The van der Waals surface area contributed by atoms with Crippen LogP contribution >= 0.6 is 0 Å². The molecule has 1 heterocycles. The van der Waals surface area contributed by atoms with Crippen LogP contribution in [0, 0.1) is 5.82 Å². The summed E-state index contributed by atoms with van der Waals surface area (Å²) in [6, 6.07) is 14.1. The van der Waals surface area contributed by atoms with Gasteiger partial charge in [-0.2, -0.15) is 4.98 Å². The first-order valence-electron chi connectivity index (χ1n) is 8.23. The summed E-state index contributed by atoms with van der Waals surface area (Å²) in [6.07, 6.45) is 1.75. The molecule has 3 aromatic rings. The molecule has 128 valence electrons. The molecule has 5 nitrogen and oxygen atoms in total. The van der Waals surface area contributed by atoms with Crippen LogP contribution in [0.1, 0.15) is 23.4 Å². The number of fused-ring (bicyclic) bond motifs is 1. The summed E-state index contributed by atoms with van der Waals surface area (Å²) in [4.78, 5) is 4.35. The van der Waals surface area contributed by atoms with Crippen molar-refractivity contribution in [3.63, 3.8) is 0 Å². The van der Waals surface area contributed by atoms with E-state index in [0.29, 0.717) is 23.8 Å². The first-order valence-corrected chi connectivity index (χ1v) is 8.23. The third-order valence-electron chi connectivity index (χ3n) is 4.77. The van der Waals surface area contributed by atoms with E-state index in [1.54, 1.807) is 12.1 Å². The number of aryl methyl sites for hydroxylation is 1. The molecule has 0 saturated carbocycles. The maximum absolute atomic E-state index is 13.0. The summed E-state index contributed by atoms with van der Waals surface area (Å²) < 4.78 is 18.3. The average Bonchev–Trinajstić information content (AvgIpc) is 3.26. The smallest absolute Gasteiger partial charge is 0.240 e. The van der Waals surface area contributed by atoms with Crippen LogP contribution in [-0.2, 0) is 18.5 Å². The minimum absolute atomic E-state index is 0.00295. The lowest BCUT2D eigenvalue weighted by molar-refractivity contribution is 0.154. The molecule has 1 unspecified atom stereocenters. The third-order valence-corrected chi connectivity index (χ3v) is 4.77. The quantitative estimate of drug-likeness (QED) is 0.748. The number of hydrogen-bond donors (Lipinski definition) is 2. The number of halogens is 1. The Kier molecular flexibility index (Phi) is 4.07. The minimum Gasteiger partial charge on any atom is -0.394 e. The maximum atomic E-state index is 13.0. The summed E-state index contributed by atoms with van der Waals surface area (Å²) in [5.41, 5.74) is 2.58. The van der Waals surface area contributed by atoms with Crippen LogP contribution in [0.4, 0.5) is 4.39 Å². The highest BCUT2D eigenvalue weighted by Gasteiger charge is 2.37. The topological polar surface area (TPSA) is 71.2 Å². The van der Waals surface area contributed by atoms with Crippen LogP contribution < -0.4 is 5.32 Å². The van der Waals surface area contributed by atoms with Crippen LogP contribution in [-0.4, -0.2) is 21.9 Å². The van der Waals surface area contributed by atoms with E-state index in [1.807, 2.05) is 18.2 Å². The molecule has 1 aliphatic rings. The number of nitrogens with one attached hydrogen (secondary N) is 1. The summed E-state index contributed by atoms with van der Waals surface area (Å²) in [5, 5.41) is 17.3. The van der Waals surface area contributed by atoms with Gasteiger partial charge in [-0.15, -0.1) is 0 Å². The van der Waals surface area contributed by atoms with Crippen molar-refractivity contribution in [2.75, 3.05) is 6.61 Å². The van der Waals surface area contributed by atoms with Gasteiger partial charge >= 0.3 is 0 Å². The molecule has 0 saturated heterocycles. The number of nitrogens with zero attached hydrogens (tertiary/aromatic N) is 2. The lowest BCUT2D eigenvalue weighted by Gasteiger charge is -2.29. The van der Waals surface area contributed by atoms with Crippen molar-refractivity contribution >= 4 is 0 Å². The Balaban J connectivity index is 1.51. The van der Waals surface area contributed by atoms with Gasteiger partial charge in [-0.1, -0.05) is 29.4 Å². The van der Waals surface area contributed by atoms with Gasteiger partial charge in [0.05, 0.1) is 18.7 Å². The minimum atomic E-state index is -0.485. The van der Waals surface area contributed by atoms with Gasteiger partial charge in [0.15, 0.2) is 0 Å². The zero-order valence-corrected chi connectivity index (χ0v) is 13.6. The predicted molar refractivity (Wildman–Crippen MR) is 90.1 cm³/mol. The molecule has 0 bridgehead atoms. The largest absolute Gasteiger partial charge is 0.394 e. The molecular weight excluding hydrogens is 321 g/mol. The zero-order chi connectivity index (χ0) is 17.3. The van der Waals surface area contributed by atoms with E-state index in [4.69, 9.17) is 4.52 Å². The SMILES string of the molecule is OCC1(NCc2nc(-c3ccc(F)cc3)no2)CCc2ccccc21. The normalized spacial score (nSPS) is 19.1. The van der Waals surface area contributed by atoms with E-state index in [-0.39, 0.29) is 12.4 Å². The molecule has 0 amide bonds. The number of aromatic nitrogens is 2. The van der Waals surface area contributed by atoms with Crippen molar-refractivity contribution in [3.8, 4) is 11.4 Å². The predicted octanol–water partition coefficient (Wildman–Crippen LogP) is 2.80. The van der Waals surface area contributed by atoms with Gasteiger partial charge in [0, 0.05) is 5.56 Å².